The normalized spacial score (nSPS) is 12.6. The van der Waals surface area contributed by atoms with Gasteiger partial charge in [-0.3, -0.25) is 0 Å². The number of hydrogen-bond acceptors (Lipinski definition) is 3. The second-order valence-corrected chi connectivity index (χ2v) is 7.08. The summed E-state index contributed by atoms with van der Waals surface area (Å²) in [5.41, 5.74) is 2.28. The van der Waals surface area contributed by atoms with Crippen molar-refractivity contribution in [3.63, 3.8) is 0 Å². The Balaban J connectivity index is 1.73. The van der Waals surface area contributed by atoms with Gasteiger partial charge < -0.3 is 15.2 Å². The minimum Gasteiger partial charge on any atom is -0.350 e. The van der Waals surface area contributed by atoms with E-state index in [-0.39, 0.29) is 6.04 Å². The Morgan fingerprint density at radius 2 is 1.82 bits per heavy atom. The highest BCUT2D eigenvalue weighted by Gasteiger charge is 2.10. The van der Waals surface area contributed by atoms with Crippen molar-refractivity contribution in [2.24, 2.45) is 12.0 Å². The molecule has 28 heavy (non-hydrogen) atoms. The molecule has 2 N–H and O–H groups in total. The molecule has 0 saturated carbocycles. The molecule has 1 aromatic heterocycles. The average molecular weight is 397 g/mol. The van der Waals surface area contributed by atoms with Gasteiger partial charge in [-0.15, -0.1) is 10.2 Å². The van der Waals surface area contributed by atoms with E-state index in [0.717, 1.165) is 27.8 Å². The van der Waals surface area contributed by atoms with Crippen molar-refractivity contribution in [1.29, 1.82) is 0 Å². The monoisotopic (exact) mass is 396 g/mol. The minimum absolute atomic E-state index is 0.0699. The van der Waals surface area contributed by atoms with Gasteiger partial charge in [0.25, 0.3) is 0 Å². The van der Waals surface area contributed by atoms with Gasteiger partial charge in [-0.1, -0.05) is 54.1 Å². The molecule has 0 amide bonds. The molecule has 2 aromatic carbocycles. The third-order valence-corrected chi connectivity index (χ3v) is 4.83. The van der Waals surface area contributed by atoms with Crippen molar-refractivity contribution in [1.82, 2.24) is 25.4 Å². The molecule has 0 spiro atoms. The smallest absolute Gasteiger partial charge is 0.192 e. The summed E-state index contributed by atoms with van der Waals surface area (Å²) in [5, 5.41) is 15.9. The number of rotatable bonds is 6. The van der Waals surface area contributed by atoms with E-state index < -0.39 is 0 Å². The molecule has 3 rings (SSSR count). The molecular formula is C21H25ClN6. The van der Waals surface area contributed by atoms with Crippen LogP contribution in [0.5, 0.6) is 0 Å². The SMILES string of the molecule is Cc1nnc(CNC(=NCc2ccccc2)NC(C)c2ccc(Cl)cc2)n1C. The van der Waals surface area contributed by atoms with Gasteiger partial charge in [0.2, 0.25) is 0 Å². The Morgan fingerprint density at radius 1 is 1.11 bits per heavy atom. The van der Waals surface area contributed by atoms with E-state index >= 15 is 0 Å². The zero-order valence-corrected chi connectivity index (χ0v) is 17.1. The Morgan fingerprint density at radius 3 is 2.46 bits per heavy atom. The second kappa shape index (κ2) is 9.37. The number of aliphatic imine (C=N–C) groups is 1. The van der Waals surface area contributed by atoms with Gasteiger partial charge in [0.15, 0.2) is 11.8 Å². The molecule has 0 radical (unpaired) electrons. The second-order valence-electron chi connectivity index (χ2n) is 6.64. The molecule has 3 aromatic rings. The summed E-state index contributed by atoms with van der Waals surface area (Å²) < 4.78 is 1.96. The fourth-order valence-electron chi connectivity index (χ4n) is 2.71. The summed E-state index contributed by atoms with van der Waals surface area (Å²) in [7, 11) is 1.96. The predicted molar refractivity (Wildman–Crippen MR) is 113 cm³/mol. The Kier molecular flexibility index (Phi) is 6.66. The highest BCUT2D eigenvalue weighted by Crippen LogP contribution is 2.16. The molecule has 0 aliphatic rings. The van der Waals surface area contributed by atoms with Crippen LogP contribution in [-0.2, 0) is 20.1 Å². The van der Waals surface area contributed by atoms with Gasteiger partial charge >= 0.3 is 0 Å². The van der Waals surface area contributed by atoms with E-state index in [4.69, 9.17) is 16.6 Å². The molecule has 1 unspecified atom stereocenters. The van der Waals surface area contributed by atoms with Crippen LogP contribution in [0.3, 0.4) is 0 Å². The van der Waals surface area contributed by atoms with Crippen LogP contribution in [0.4, 0.5) is 0 Å². The number of nitrogens with one attached hydrogen (secondary N) is 2. The lowest BCUT2D eigenvalue weighted by Gasteiger charge is -2.19. The van der Waals surface area contributed by atoms with E-state index in [1.165, 1.54) is 0 Å². The fourth-order valence-corrected chi connectivity index (χ4v) is 2.84. The molecule has 0 bridgehead atoms. The number of benzene rings is 2. The predicted octanol–water partition coefficient (Wildman–Crippen LogP) is 3.77. The molecule has 0 aliphatic carbocycles. The van der Waals surface area contributed by atoms with Crippen LogP contribution in [0.1, 0.15) is 35.7 Å². The summed E-state index contributed by atoms with van der Waals surface area (Å²) in [6.45, 7) is 5.14. The average Bonchev–Trinajstić information content (AvgIpc) is 3.03. The van der Waals surface area contributed by atoms with Gasteiger partial charge in [0, 0.05) is 12.1 Å². The summed E-state index contributed by atoms with van der Waals surface area (Å²) >= 11 is 6.00. The number of halogens is 1. The van der Waals surface area contributed by atoms with Crippen LogP contribution in [0.25, 0.3) is 0 Å². The third-order valence-electron chi connectivity index (χ3n) is 4.58. The van der Waals surface area contributed by atoms with E-state index in [1.807, 2.05) is 61.0 Å². The van der Waals surface area contributed by atoms with E-state index in [9.17, 15) is 0 Å². The molecular weight excluding hydrogens is 372 g/mol. The van der Waals surface area contributed by atoms with Crippen LogP contribution in [-0.4, -0.2) is 20.7 Å². The number of nitrogens with zero attached hydrogens (tertiary/aromatic N) is 4. The van der Waals surface area contributed by atoms with Gasteiger partial charge in [-0.2, -0.15) is 0 Å². The van der Waals surface area contributed by atoms with Gasteiger partial charge in [-0.05, 0) is 37.1 Å². The zero-order chi connectivity index (χ0) is 19.9. The first-order valence-corrected chi connectivity index (χ1v) is 9.60. The van der Waals surface area contributed by atoms with Crippen molar-refractivity contribution in [2.75, 3.05) is 0 Å². The van der Waals surface area contributed by atoms with E-state index in [0.29, 0.717) is 19.0 Å². The maximum atomic E-state index is 6.00. The van der Waals surface area contributed by atoms with E-state index in [2.05, 4.69) is 39.9 Å². The molecule has 0 aliphatic heterocycles. The van der Waals surface area contributed by atoms with Crippen molar-refractivity contribution >= 4 is 17.6 Å². The van der Waals surface area contributed by atoms with Crippen LogP contribution in [0.15, 0.2) is 59.6 Å². The van der Waals surface area contributed by atoms with Crippen LogP contribution >= 0.6 is 11.6 Å². The van der Waals surface area contributed by atoms with Crippen molar-refractivity contribution < 1.29 is 0 Å². The molecule has 1 heterocycles. The lowest BCUT2D eigenvalue weighted by Crippen LogP contribution is -2.39. The Hall–Kier alpha value is -2.86. The van der Waals surface area contributed by atoms with E-state index in [1.54, 1.807) is 0 Å². The van der Waals surface area contributed by atoms with Crippen LogP contribution < -0.4 is 10.6 Å². The van der Waals surface area contributed by atoms with Crippen molar-refractivity contribution in [3.05, 3.63) is 82.4 Å². The first-order chi connectivity index (χ1) is 13.5. The molecule has 6 nitrogen and oxygen atoms in total. The van der Waals surface area contributed by atoms with Crippen LogP contribution in [0, 0.1) is 6.92 Å². The van der Waals surface area contributed by atoms with Gasteiger partial charge in [0.05, 0.1) is 19.1 Å². The number of aryl methyl sites for hydroxylation is 1. The van der Waals surface area contributed by atoms with Crippen molar-refractivity contribution in [2.45, 2.75) is 33.0 Å². The lowest BCUT2D eigenvalue weighted by atomic mass is 10.1. The largest absolute Gasteiger partial charge is 0.350 e. The first kappa shape index (κ1) is 19.9. The van der Waals surface area contributed by atoms with Crippen molar-refractivity contribution in [3.8, 4) is 0 Å². The highest BCUT2D eigenvalue weighted by atomic mass is 35.5. The molecule has 7 heteroatoms. The van der Waals surface area contributed by atoms with Gasteiger partial charge in [0.1, 0.15) is 5.82 Å². The molecule has 1 atom stereocenters. The number of hydrogen-bond donors (Lipinski definition) is 2. The first-order valence-electron chi connectivity index (χ1n) is 9.22. The Bertz CT molecular complexity index is 918. The highest BCUT2D eigenvalue weighted by molar-refractivity contribution is 6.30. The summed E-state index contributed by atoms with van der Waals surface area (Å²) in [4.78, 5) is 4.74. The molecule has 0 fully saturated rings. The summed E-state index contributed by atoms with van der Waals surface area (Å²) in [6, 6.07) is 18.1. The Labute approximate surface area is 170 Å². The van der Waals surface area contributed by atoms with Gasteiger partial charge in [-0.25, -0.2) is 4.99 Å². The van der Waals surface area contributed by atoms with Crippen LogP contribution in [0.2, 0.25) is 5.02 Å². The maximum Gasteiger partial charge on any atom is 0.192 e. The molecule has 146 valence electrons. The minimum atomic E-state index is 0.0699. The third kappa shape index (κ3) is 5.33. The standard InChI is InChI=1S/C21H25ClN6/c1-15(18-9-11-19(22)12-10-18)25-21(23-13-17-7-5-4-6-8-17)24-14-20-27-26-16(2)28(20)3/h4-12,15H,13-14H2,1-3H3,(H2,23,24,25). The maximum absolute atomic E-state index is 6.00. The number of guanidine groups is 1. The summed E-state index contributed by atoms with van der Waals surface area (Å²) in [6.07, 6.45) is 0. The fraction of sp³-hybridized carbons (Fsp3) is 0.286. The topological polar surface area (TPSA) is 67.1 Å². The number of aromatic nitrogens is 3. The quantitative estimate of drug-likeness (QED) is 0.491. The zero-order valence-electron chi connectivity index (χ0n) is 16.4. The lowest BCUT2D eigenvalue weighted by molar-refractivity contribution is 0.664. The molecule has 0 saturated heterocycles. The summed E-state index contributed by atoms with van der Waals surface area (Å²) in [5.74, 6) is 2.44.